The molecule has 1 N–H and O–H groups in total. The van der Waals surface area contributed by atoms with Crippen LogP contribution in [0.4, 0.5) is 0 Å². The molecule has 1 aromatic rings. The van der Waals surface area contributed by atoms with Gasteiger partial charge in [-0.2, -0.15) is 0 Å². The van der Waals surface area contributed by atoms with E-state index < -0.39 is 11.4 Å². The molecule has 0 aliphatic heterocycles. The van der Waals surface area contributed by atoms with E-state index in [4.69, 9.17) is 9.52 Å². The van der Waals surface area contributed by atoms with Crippen LogP contribution in [0.25, 0.3) is 0 Å². The van der Waals surface area contributed by atoms with E-state index in [1.54, 1.807) is 0 Å². The molecule has 1 fully saturated rings. The number of carbonyl (C=O) groups is 1. The molecule has 1 saturated carbocycles. The first kappa shape index (κ1) is 9.24. The second-order valence-electron chi connectivity index (χ2n) is 4.01. The number of nitrogens with zero attached hydrogens (tertiary/aromatic N) is 1. The van der Waals surface area contributed by atoms with Gasteiger partial charge >= 0.3 is 5.97 Å². The summed E-state index contributed by atoms with van der Waals surface area (Å²) in [5.41, 5.74) is 0.269. The lowest BCUT2D eigenvalue weighted by Gasteiger charge is -2.04. The zero-order valence-corrected chi connectivity index (χ0v) is 8.33. The molecular weight excluding hydrogens is 182 g/mol. The number of rotatable bonds is 3. The summed E-state index contributed by atoms with van der Waals surface area (Å²) in [6.45, 7) is 3.70. The highest BCUT2D eigenvalue weighted by molar-refractivity contribution is 5.77. The molecule has 4 heteroatoms. The predicted octanol–water partition coefficient (Wildman–Crippen LogP) is 1.70. The zero-order valence-electron chi connectivity index (χ0n) is 8.33. The van der Waals surface area contributed by atoms with Gasteiger partial charge in [0.1, 0.15) is 5.76 Å². The fraction of sp³-hybridized carbons (Fsp3) is 0.600. The minimum atomic E-state index is -0.731. The standard InChI is InChI=1S/C10H13NO3/c1-6-7(2)14-8(11-6)5-10(3-4-10)9(12)13/h3-5H2,1-2H3,(H,12,13). The lowest BCUT2D eigenvalue weighted by molar-refractivity contribution is -0.143. The molecule has 0 radical (unpaired) electrons. The van der Waals surface area contributed by atoms with Crippen LogP contribution in [0.3, 0.4) is 0 Å². The third-order valence-corrected chi connectivity index (χ3v) is 2.87. The van der Waals surface area contributed by atoms with Crippen molar-refractivity contribution in [2.45, 2.75) is 33.1 Å². The summed E-state index contributed by atoms with van der Waals surface area (Å²) < 4.78 is 5.37. The van der Waals surface area contributed by atoms with Gasteiger partial charge in [0, 0.05) is 6.42 Å². The summed E-state index contributed by atoms with van der Waals surface area (Å²) in [5, 5.41) is 8.97. The van der Waals surface area contributed by atoms with E-state index in [0.717, 1.165) is 24.3 Å². The van der Waals surface area contributed by atoms with Crippen LogP contribution >= 0.6 is 0 Å². The number of hydrogen-bond acceptors (Lipinski definition) is 3. The first-order valence-electron chi connectivity index (χ1n) is 4.70. The van der Waals surface area contributed by atoms with Crippen molar-refractivity contribution in [1.82, 2.24) is 4.98 Å². The molecule has 0 atom stereocenters. The molecule has 1 aromatic heterocycles. The Morgan fingerprint density at radius 1 is 1.57 bits per heavy atom. The van der Waals surface area contributed by atoms with Crippen LogP contribution in [0.2, 0.25) is 0 Å². The second kappa shape index (κ2) is 2.83. The first-order chi connectivity index (χ1) is 6.53. The molecule has 1 aliphatic rings. The van der Waals surface area contributed by atoms with Gasteiger partial charge in [-0.25, -0.2) is 4.98 Å². The van der Waals surface area contributed by atoms with Crippen molar-refractivity contribution in [3.8, 4) is 0 Å². The van der Waals surface area contributed by atoms with Crippen molar-refractivity contribution < 1.29 is 14.3 Å². The lowest BCUT2D eigenvalue weighted by atomic mass is 10.0. The fourth-order valence-electron chi connectivity index (χ4n) is 1.52. The molecule has 0 aromatic carbocycles. The molecule has 0 bridgehead atoms. The van der Waals surface area contributed by atoms with Crippen molar-refractivity contribution in [2.24, 2.45) is 5.41 Å². The first-order valence-corrected chi connectivity index (χ1v) is 4.70. The average molecular weight is 195 g/mol. The molecule has 76 valence electrons. The van der Waals surface area contributed by atoms with Gasteiger partial charge in [0.15, 0.2) is 5.89 Å². The van der Waals surface area contributed by atoms with E-state index in [1.807, 2.05) is 13.8 Å². The van der Waals surface area contributed by atoms with E-state index in [-0.39, 0.29) is 0 Å². The molecule has 0 spiro atoms. The van der Waals surface area contributed by atoms with Crippen LogP contribution in [-0.4, -0.2) is 16.1 Å². The van der Waals surface area contributed by atoms with Crippen LogP contribution in [-0.2, 0) is 11.2 Å². The third-order valence-electron chi connectivity index (χ3n) is 2.87. The summed E-state index contributed by atoms with van der Waals surface area (Å²) in [6.07, 6.45) is 1.91. The minimum absolute atomic E-state index is 0.428. The highest BCUT2D eigenvalue weighted by Gasteiger charge is 2.51. The van der Waals surface area contributed by atoms with E-state index in [0.29, 0.717) is 12.3 Å². The maximum Gasteiger partial charge on any atom is 0.310 e. The Morgan fingerprint density at radius 2 is 2.21 bits per heavy atom. The van der Waals surface area contributed by atoms with Crippen molar-refractivity contribution >= 4 is 5.97 Å². The van der Waals surface area contributed by atoms with Gasteiger partial charge in [0.05, 0.1) is 11.1 Å². The summed E-state index contributed by atoms with van der Waals surface area (Å²) >= 11 is 0. The van der Waals surface area contributed by atoms with E-state index >= 15 is 0 Å². The Hall–Kier alpha value is -1.32. The number of aryl methyl sites for hydroxylation is 2. The zero-order chi connectivity index (χ0) is 10.3. The highest BCUT2D eigenvalue weighted by Crippen LogP contribution is 2.48. The number of hydrogen-bond donors (Lipinski definition) is 1. The van der Waals surface area contributed by atoms with Crippen molar-refractivity contribution in [2.75, 3.05) is 0 Å². The van der Waals surface area contributed by atoms with Gasteiger partial charge in [-0.3, -0.25) is 4.79 Å². The Bertz CT molecular complexity index is 357. The van der Waals surface area contributed by atoms with Gasteiger partial charge in [0.2, 0.25) is 0 Å². The minimum Gasteiger partial charge on any atom is -0.481 e. The van der Waals surface area contributed by atoms with Crippen LogP contribution in [0.15, 0.2) is 4.42 Å². The van der Waals surface area contributed by atoms with Crippen molar-refractivity contribution in [1.29, 1.82) is 0 Å². The van der Waals surface area contributed by atoms with Gasteiger partial charge in [-0.05, 0) is 26.7 Å². The molecular formula is C10H13NO3. The molecule has 0 unspecified atom stereocenters. The summed E-state index contributed by atoms with van der Waals surface area (Å²) in [7, 11) is 0. The normalized spacial score (nSPS) is 18.1. The fourth-order valence-corrected chi connectivity index (χ4v) is 1.52. The quantitative estimate of drug-likeness (QED) is 0.797. The van der Waals surface area contributed by atoms with Gasteiger partial charge in [-0.15, -0.1) is 0 Å². The smallest absolute Gasteiger partial charge is 0.310 e. The van der Waals surface area contributed by atoms with Gasteiger partial charge < -0.3 is 9.52 Å². The van der Waals surface area contributed by atoms with Crippen LogP contribution in [0.1, 0.15) is 30.2 Å². The molecule has 0 amide bonds. The molecule has 14 heavy (non-hydrogen) atoms. The molecule has 1 aliphatic carbocycles. The average Bonchev–Trinajstić information content (AvgIpc) is 2.78. The van der Waals surface area contributed by atoms with Crippen molar-refractivity contribution in [3.05, 3.63) is 17.3 Å². The Labute approximate surface area is 81.9 Å². The number of carboxylic acid groups (broad SMARTS) is 1. The van der Waals surface area contributed by atoms with Gasteiger partial charge in [-0.1, -0.05) is 0 Å². The van der Waals surface area contributed by atoms with E-state index in [2.05, 4.69) is 4.98 Å². The number of carboxylic acids is 1. The highest BCUT2D eigenvalue weighted by atomic mass is 16.4. The van der Waals surface area contributed by atoms with E-state index in [9.17, 15) is 4.79 Å². The van der Waals surface area contributed by atoms with Crippen molar-refractivity contribution in [3.63, 3.8) is 0 Å². The maximum absolute atomic E-state index is 10.9. The lowest BCUT2D eigenvalue weighted by Crippen LogP contribution is -2.17. The third kappa shape index (κ3) is 1.41. The number of oxazole rings is 1. The predicted molar refractivity (Wildman–Crippen MR) is 49.0 cm³/mol. The maximum atomic E-state index is 10.9. The summed E-state index contributed by atoms with van der Waals surface area (Å²) in [6, 6.07) is 0. The van der Waals surface area contributed by atoms with E-state index in [1.165, 1.54) is 0 Å². The molecule has 4 nitrogen and oxygen atoms in total. The second-order valence-corrected chi connectivity index (χ2v) is 4.01. The largest absolute Gasteiger partial charge is 0.481 e. The van der Waals surface area contributed by atoms with Crippen LogP contribution < -0.4 is 0 Å². The number of aliphatic carboxylic acids is 1. The Balaban J connectivity index is 2.15. The Morgan fingerprint density at radius 3 is 2.57 bits per heavy atom. The topological polar surface area (TPSA) is 63.3 Å². The monoisotopic (exact) mass is 195 g/mol. The number of aromatic nitrogens is 1. The molecule has 0 saturated heterocycles. The Kier molecular flexibility index (Phi) is 1.87. The summed E-state index contributed by atoms with van der Waals surface area (Å²) in [5.74, 6) is 0.604. The molecule has 1 heterocycles. The van der Waals surface area contributed by atoms with Crippen LogP contribution in [0.5, 0.6) is 0 Å². The SMILES string of the molecule is Cc1nc(CC2(C(=O)O)CC2)oc1C. The molecule has 2 rings (SSSR count). The van der Waals surface area contributed by atoms with Gasteiger partial charge in [0.25, 0.3) is 0 Å². The summed E-state index contributed by atoms with van der Waals surface area (Å²) in [4.78, 5) is 15.1. The van der Waals surface area contributed by atoms with Crippen LogP contribution in [0, 0.1) is 19.3 Å².